The van der Waals surface area contributed by atoms with E-state index in [0.29, 0.717) is 17.3 Å². The van der Waals surface area contributed by atoms with Gasteiger partial charge in [0.25, 0.3) is 5.91 Å². The molecule has 0 aromatic carbocycles. The van der Waals surface area contributed by atoms with Gasteiger partial charge in [0.2, 0.25) is 5.91 Å². The fourth-order valence-electron chi connectivity index (χ4n) is 4.04. The van der Waals surface area contributed by atoms with Crippen molar-refractivity contribution >= 4 is 17.6 Å². The minimum Gasteiger partial charge on any atom is -0.358 e. The van der Waals surface area contributed by atoms with Crippen molar-refractivity contribution in [3.63, 3.8) is 0 Å². The molecular weight excluding hydrogens is 368 g/mol. The molecule has 0 saturated carbocycles. The van der Waals surface area contributed by atoms with Crippen LogP contribution >= 0.6 is 0 Å². The van der Waals surface area contributed by atoms with Crippen LogP contribution in [-0.4, -0.2) is 57.2 Å². The summed E-state index contributed by atoms with van der Waals surface area (Å²) in [7, 11) is 0. The molecule has 0 spiro atoms. The molecule has 154 valence electrons. The van der Waals surface area contributed by atoms with Crippen LogP contribution in [0.1, 0.15) is 42.5 Å². The number of nitrogens with one attached hydrogen (secondary N) is 2. The van der Waals surface area contributed by atoms with Gasteiger partial charge in [0.1, 0.15) is 11.9 Å². The molecule has 8 heteroatoms. The zero-order chi connectivity index (χ0) is 20.1. The van der Waals surface area contributed by atoms with Gasteiger partial charge < -0.3 is 15.5 Å². The minimum absolute atomic E-state index is 0.0161. The first kappa shape index (κ1) is 19.4. The Bertz CT molecular complexity index is 812. The Hall–Kier alpha value is -2.90. The van der Waals surface area contributed by atoms with Crippen LogP contribution in [0.25, 0.3) is 0 Å². The lowest BCUT2D eigenvalue weighted by molar-refractivity contribution is -0.121. The summed E-state index contributed by atoms with van der Waals surface area (Å²) < 4.78 is 1.96. The average molecular weight is 396 g/mol. The van der Waals surface area contributed by atoms with E-state index < -0.39 is 0 Å². The lowest BCUT2D eigenvalue weighted by Crippen LogP contribution is -2.39. The topological polar surface area (TPSA) is 92.2 Å². The largest absolute Gasteiger partial charge is 0.358 e. The summed E-state index contributed by atoms with van der Waals surface area (Å²) in [6, 6.07) is 5.25. The molecular formula is C21H28N6O2. The van der Waals surface area contributed by atoms with Gasteiger partial charge in [-0.3, -0.25) is 14.3 Å². The molecule has 2 aliphatic heterocycles. The highest BCUT2D eigenvalue weighted by Gasteiger charge is 2.25. The highest BCUT2D eigenvalue weighted by Crippen LogP contribution is 2.21. The zero-order valence-electron chi connectivity index (χ0n) is 16.6. The number of amides is 2. The van der Waals surface area contributed by atoms with Crippen LogP contribution in [0.15, 0.2) is 36.8 Å². The van der Waals surface area contributed by atoms with Gasteiger partial charge >= 0.3 is 0 Å². The normalized spacial score (nSPS) is 20.8. The molecule has 1 atom stereocenters. The summed E-state index contributed by atoms with van der Waals surface area (Å²) in [5, 5.41) is 10.4. The maximum atomic E-state index is 12.8. The smallest absolute Gasteiger partial charge is 0.255 e. The summed E-state index contributed by atoms with van der Waals surface area (Å²) in [5.74, 6) is 1.21. The third-order valence-corrected chi connectivity index (χ3v) is 5.77. The van der Waals surface area contributed by atoms with Crippen LogP contribution in [-0.2, 0) is 11.3 Å². The van der Waals surface area contributed by atoms with Crippen molar-refractivity contribution in [3.8, 4) is 0 Å². The fourth-order valence-corrected chi connectivity index (χ4v) is 4.04. The van der Waals surface area contributed by atoms with Crippen molar-refractivity contribution in [1.82, 2.24) is 25.0 Å². The Kier molecular flexibility index (Phi) is 6.07. The molecule has 2 aliphatic rings. The predicted molar refractivity (Wildman–Crippen MR) is 109 cm³/mol. The van der Waals surface area contributed by atoms with E-state index in [1.807, 2.05) is 21.8 Å². The van der Waals surface area contributed by atoms with Crippen LogP contribution in [0.5, 0.6) is 0 Å². The molecule has 0 unspecified atom stereocenters. The van der Waals surface area contributed by atoms with Gasteiger partial charge in [0, 0.05) is 44.8 Å². The van der Waals surface area contributed by atoms with E-state index in [1.54, 1.807) is 24.5 Å². The number of anilines is 1. The van der Waals surface area contributed by atoms with Gasteiger partial charge in [-0.2, -0.15) is 5.10 Å². The Morgan fingerprint density at radius 1 is 1.21 bits per heavy atom. The van der Waals surface area contributed by atoms with Gasteiger partial charge in [-0.05, 0) is 56.2 Å². The summed E-state index contributed by atoms with van der Waals surface area (Å²) in [6.45, 7) is 3.16. The summed E-state index contributed by atoms with van der Waals surface area (Å²) >= 11 is 0. The Labute approximate surface area is 170 Å². The molecule has 2 aromatic heterocycles. The van der Waals surface area contributed by atoms with Crippen LogP contribution < -0.4 is 10.6 Å². The Morgan fingerprint density at radius 3 is 2.79 bits per heavy atom. The SMILES string of the molecule is O=C1NCCCC[C@@H]1Nc1ccc(C(=O)N2CCC(Cn3cccn3)CC2)cn1. The van der Waals surface area contributed by atoms with E-state index in [9.17, 15) is 9.59 Å². The maximum absolute atomic E-state index is 12.8. The molecule has 0 radical (unpaired) electrons. The molecule has 4 heterocycles. The first-order valence-electron chi connectivity index (χ1n) is 10.5. The first-order chi connectivity index (χ1) is 14.2. The van der Waals surface area contributed by atoms with Crippen molar-refractivity contribution in [1.29, 1.82) is 0 Å². The van der Waals surface area contributed by atoms with Gasteiger partial charge in [0.15, 0.2) is 0 Å². The molecule has 0 aliphatic carbocycles. The third-order valence-electron chi connectivity index (χ3n) is 5.77. The van der Waals surface area contributed by atoms with Crippen LogP contribution in [0.3, 0.4) is 0 Å². The molecule has 29 heavy (non-hydrogen) atoms. The summed E-state index contributed by atoms with van der Waals surface area (Å²) in [5.41, 5.74) is 0.589. The van der Waals surface area contributed by atoms with E-state index >= 15 is 0 Å². The highest BCUT2D eigenvalue weighted by atomic mass is 16.2. The van der Waals surface area contributed by atoms with Crippen molar-refractivity contribution in [3.05, 3.63) is 42.4 Å². The lowest BCUT2D eigenvalue weighted by Gasteiger charge is -2.32. The molecule has 0 bridgehead atoms. The number of pyridine rings is 1. The van der Waals surface area contributed by atoms with E-state index in [2.05, 4.69) is 20.7 Å². The second-order valence-corrected chi connectivity index (χ2v) is 7.88. The van der Waals surface area contributed by atoms with Crippen molar-refractivity contribution in [2.75, 3.05) is 25.0 Å². The predicted octanol–water partition coefficient (Wildman–Crippen LogP) is 1.91. The number of likely N-dealkylation sites (tertiary alicyclic amines) is 1. The van der Waals surface area contributed by atoms with Crippen molar-refractivity contribution < 1.29 is 9.59 Å². The summed E-state index contributed by atoms with van der Waals surface area (Å²) in [4.78, 5) is 31.1. The van der Waals surface area contributed by atoms with E-state index in [1.165, 1.54) is 0 Å². The number of hydrogen-bond acceptors (Lipinski definition) is 5. The molecule has 2 aromatic rings. The molecule has 2 N–H and O–H groups in total. The number of rotatable bonds is 5. The second kappa shape index (κ2) is 9.07. The molecule has 4 rings (SSSR count). The number of nitrogens with zero attached hydrogens (tertiary/aromatic N) is 4. The number of aromatic nitrogens is 3. The quantitative estimate of drug-likeness (QED) is 0.806. The van der Waals surface area contributed by atoms with Crippen LogP contribution in [0.2, 0.25) is 0 Å². The second-order valence-electron chi connectivity index (χ2n) is 7.88. The number of carbonyl (C=O) groups is 2. The van der Waals surface area contributed by atoms with E-state index in [0.717, 1.165) is 58.3 Å². The van der Waals surface area contributed by atoms with Crippen LogP contribution in [0, 0.1) is 5.92 Å². The zero-order valence-corrected chi connectivity index (χ0v) is 16.6. The first-order valence-corrected chi connectivity index (χ1v) is 10.5. The maximum Gasteiger partial charge on any atom is 0.255 e. The van der Waals surface area contributed by atoms with Crippen LogP contribution in [0.4, 0.5) is 5.82 Å². The number of hydrogen-bond donors (Lipinski definition) is 2. The molecule has 2 amide bonds. The summed E-state index contributed by atoms with van der Waals surface area (Å²) in [6.07, 6.45) is 10.2. The fraction of sp³-hybridized carbons (Fsp3) is 0.524. The van der Waals surface area contributed by atoms with Gasteiger partial charge in [0.05, 0.1) is 5.56 Å². The number of piperidine rings is 1. The average Bonchev–Trinajstić information content (AvgIpc) is 3.18. The van der Waals surface area contributed by atoms with Crippen molar-refractivity contribution in [2.45, 2.75) is 44.7 Å². The minimum atomic E-state index is -0.264. The van der Waals surface area contributed by atoms with Gasteiger partial charge in [-0.15, -0.1) is 0 Å². The van der Waals surface area contributed by atoms with Crippen molar-refractivity contribution in [2.24, 2.45) is 5.92 Å². The molecule has 2 saturated heterocycles. The van der Waals surface area contributed by atoms with Gasteiger partial charge in [-0.25, -0.2) is 4.98 Å². The lowest BCUT2D eigenvalue weighted by atomic mass is 9.96. The number of carbonyl (C=O) groups excluding carboxylic acids is 2. The van der Waals surface area contributed by atoms with E-state index in [-0.39, 0.29) is 17.9 Å². The molecule has 8 nitrogen and oxygen atoms in total. The van der Waals surface area contributed by atoms with E-state index in [4.69, 9.17) is 0 Å². The Morgan fingerprint density at radius 2 is 2.07 bits per heavy atom. The monoisotopic (exact) mass is 396 g/mol. The standard InChI is InChI=1S/C21H28N6O2/c28-20-18(4-1-2-9-22-20)25-19-6-5-17(14-23-19)21(29)26-12-7-16(8-13-26)15-27-11-3-10-24-27/h3,5-6,10-11,14,16,18H,1-2,4,7-9,12-13,15H2,(H,22,28)(H,23,25)/t18-/m0/s1. The highest BCUT2D eigenvalue weighted by molar-refractivity contribution is 5.94. The Balaban J connectivity index is 1.29. The van der Waals surface area contributed by atoms with Gasteiger partial charge in [-0.1, -0.05) is 0 Å². The molecule has 2 fully saturated rings. The third kappa shape index (κ3) is 4.93.